The average Bonchev–Trinajstić information content (AvgIpc) is 3.63. The predicted molar refractivity (Wildman–Crippen MR) is 142 cm³/mol. The molecule has 1 aromatic carbocycles. The number of benzene rings is 1. The first-order valence-electron chi connectivity index (χ1n) is 11.8. The van der Waals surface area contributed by atoms with Crippen molar-refractivity contribution in [2.24, 2.45) is 0 Å². The molecule has 1 aliphatic rings. The maximum Gasteiger partial charge on any atom is 0.137 e. The van der Waals surface area contributed by atoms with Crippen molar-refractivity contribution in [2.45, 2.75) is 49.9 Å². The van der Waals surface area contributed by atoms with Gasteiger partial charge in [-0.2, -0.15) is 0 Å². The lowest BCUT2D eigenvalue weighted by Gasteiger charge is -2.15. The van der Waals surface area contributed by atoms with Crippen LogP contribution in [-0.2, 0) is 12.3 Å². The third-order valence-electron chi connectivity index (χ3n) is 6.74. The number of rotatable bonds is 7. The molecule has 0 atom stereocenters. The number of aromatic nitrogens is 5. The predicted octanol–water partition coefficient (Wildman–Crippen LogP) is 5.65. The van der Waals surface area contributed by atoms with Gasteiger partial charge in [-0.05, 0) is 78.4 Å². The minimum absolute atomic E-state index is 0.569. The van der Waals surface area contributed by atoms with Gasteiger partial charge >= 0.3 is 0 Å². The Labute approximate surface area is 208 Å². The SMILES string of the molecule is Cc1cc2c(N)nccc2c(C)c1CNc1cc(SCc2cn3cc(C4CC4)ccc3n2)ncn1. The van der Waals surface area contributed by atoms with Crippen molar-refractivity contribution in [2.75, 3.05) is 11.1 Å². The zero-order chi connectivity index (χ0) is 23.9. The second kappa shape index (κ2) is 8.85. The summed E-state index contributed by atoms with van der Waals surface area (Å²) in [6, 6.07) is 10.5. The number of nitrogens with two attached hydrogens (primary N) is 1. The van der Waals surface area contributed by atoms with Gasteiger partial charge in [0.25, 0.3) is 0 Å². The molecular weight excluding hydrogens is 454 g/mol. The summed E-state index contributed by atoms with van der Waals surface area (Å²) >= 11 is 1.67. The van der Waals surface area contributed by atoms with E-state index in [2.05, 4.69) is 69.1 Å². The van der Waals surface area contributed by atoms with Crippen LogP contribution in [0.1, 0.15) is 46.7 Å². The molecule has 0 unspecified atom stereocenters. The number of nitrogen functional groups attached to an aromatic ring is 1. The van der Waals surface area contributed by atoms with E-state index in [4.69, 9.17) is 10.7 Å². The van der Waals surface area contributed by atoms with Crippen LogP contribution in [0.25, 0.3) is 16.4 Å². The molecule has 0 spiro atoms. The lowest BCUT2D eigenvalue weighted by Crippen LogP contribution is -2.06. The van der Waals surface area contributed by atoms with Crippen molar-refractivity contribution in [3.8, 4) is 0 Å². The first-order valence-corrected chi connectivity index (χ1v) is 12.8. The highest BCUT2D eigenvalue weighted by Crippen LogP contribution is 2.40. The van der Waals surface area contributed by atoms with Crippen LogP contribution < -0.4 is 11.1 Å². The Morgan fingerprint density at radius 2 is 1.94 bits per heavy atom. The van der Waals surface area contributed by atoms with E-state index in [1.54, 1.807) is 24.3 Å². The van der Waals surface area contributed by atoms with Gasteiger partial charge in [-0.25, -0.2) is 19.9 Å². The van der Waals surface area contributed by atoms with Crippen molar-refractivity contribution < 1.29 is 0 Å². The van der Waals surface area contributed by atoms with Crippen LogP contribution in [0.15, 0.2) is 60.3 Å². The van der Waals surface area contributed by atoms with E-state index in [1.165, 1.54) is 35.1 Å². The Balaban J connectivity index is 1.15. The summed E-state index contributed by atoms with van der Waals surface area (Å²) in [6.07, 6.45) is 10.3. The number of thioether (sulfide) groups is 1. The summed E-state index contributed by atoms with van der Waals surface area (Å²) in [5.74, 6) is 2.87. The van der Waals surface area contributed by atoms with Crippen LogP contribution in [0.2, 0.25) is 0 Å². The Bertz CT molecular complexity index is 1550. The maximum atomic E-state index is 6.09. The molecule has 0 radical (unpaired) electrons. The molecule has 4 heterocycles. The number of anilines is 2. The quantitative estimate of drug-likeness (QED) is 0.229. The molecule has 7 nitrogen and oxygen atoms in total. The van der Waals surface area contributed by atoms with Crippen molar-refractivity contribution in [1.82, 2.24) is 24.3 Å². The third kappa shape index (κ3) is 4.41. The summed E-state index contributed by atoms with van der Waals surface area (Å²) in [4.78, 5) is 17.9. The number of fused-ring (bicyclic) bond motifs is 2. The second-order valence-electron chi connectivity index (χ2n) is 9.21. The molecule has 1 saturated carbocycles. The van der Waals surface area contributed by atoms with Crippen LogP contribution in [0.5, 0.6) is 0 Å². The molecule has 6 rings (SSSR count). The topological polar surface area (TPSA) is 94.0 Å². The number of pyridine rings is 2. The lowest BCUT2D eigenvalue weighted by atomic mass is 9.96. The molecule has 3 N–H and O–H groups in total. The van der Waals surface area contributed by atoms with Gasteiger partial charge in [0.1, 0.15) is 28.6 Å². The van der Waals surface area contributed by atoms with Crippen molar-refractivity contribution in [3.63, 3.8) is 0 Å². The molecule has 5 aromatic rings. The first-order chi connectivity index (χ1) is 17.0. The molecular formula is C27H27N7S. The fourth-order valence-corrected chi connectivity index (χ4v) is 5.38. The van der Waals surface area contributed by atoms with Crippen LogP contribution in [0, 0.1) is 13.8 Å². The zero-order valence-corrected chi connectivity index (χ0v) is 20.6. The number of aryl methyl sites for hydroxylation is 2. The number of hydrogen-bond donors (Lipinski definition) is 2. The molecule has 35 heavy (non-hydrogen) atoms. The minimum Gasteiger partial charge on any atom is -0.383 e. The Morgan fingerprint density at radius 3 is 2.80 bits per heavy atom. The highest BCUT2D eigenvalue weighted by molar-refractivity contribution is 7.98. The molecule has 0 amide bonds. The fourth-order valence-electron chi connectivity index (χ4n) is 4.63. The van der Waals surface area contributed by atoms with Crippen LogP contribution >= 0.6 is 11.8 Å². The van der Waals surface area contributed by atoms with E-state index in [0.29, 0.717) is 12.4 Å². The molecule has 0 bridgehead atoms. The van der Waals surface area contributed by atoms with Crippen LogP contribution in [0.4, 0.5) is 11.6 Å². The summed E-state index contributed by atoms with van der Waals surface area (Å²) < 4.78 is 2.15. The largest absolute Gasteiger partial charge is 0.383 e. The zero-order valence-electron chi connectivity index (χ0n) is 19.8. The molecule has 176 valence electrons. The van der Waals surface area contributed by atoms with Gasteiger partial charge in [0.15, 0.2) is 0 Å². The van der Waals surface area contributed by atoms with E-state index in [9.17, 15) is 0 Å². The average molecular weight is 482 g/mol. The highest BCUT2D eigenvalue weighted by atomic mass is 32.2. The summed E-state index contributed by atoms with van der Waals surface area (Å²) in [6.45, 7) is 4.92. The molecule has 0 saturated heterocycles. The number of imidazole rings is 1. The van der Waals surface area contributed by atoms with E-state index < -0.39 is 0 Å². The summed E-state index contributed by atoms with van der Waals surface area (Å²) in [5, 5.41) is 6.53. The van der Waals surface area contributed by atoms with Gasteiger partial charge < -0.3 is 15.5 Å². The third-order valence-corrected chi connectivity index (χ3v) is 7.70. The van der Waals surface area contributed by atoms with E-state index in [-0.39, 0.29) is 0 Å². The van der Waals surface area contributed by atoms with Crippen molar-refractivity contribution in [3.05, 3.63) is 83.2 Å². The normalized spacial score (nSPS) is 13.5. The molecule has 8 heteroatoms. The summed E-state index contributed by atoms with van der Waals surface area (Å²) in [7, 11) is 0. The second-order valence-corrected chi connectivity index (χ2v) is 10.2. The van der Waals surface area contributed by atoms with Gasteiger partial charge in [0.05, 0.1) is 5.69 Å². The summed E-state index contributed by atoms with van der Waals surface area (Å²) in [5.41, 5.74) is 13.2. The fraction of sp³-hybridized carbons (Fsp3) is 0.259. The van der Waals surface area contributed by atoms with E-state index in [1.807, 2.05) is 12.1 Å². The first kappa shape index (κ1) is 21.9. The van der Waals surface area contributed by atoms with Gasteiger partial charge in [0, 0.05) is 42.3 Å². The number of hydrogen-bond acceptors (Lipinski definition) is 7. The molecule has 1 aliphatic carbocycles. The Kier molecular flexibility index (Phi) is 5.53. The smallest absolute Gasteiger partial charge is 0.137 e. The van der Waals surface area contributed by atoms with Gasteiger partial charge in [-0.3, -0.25) is 0 Å². The Morgan fingerprint density at radius 1 is 1.06 bits per heavy atom. The monoisotopic (exact) mass is 481 g/mol. The van der Waals surface area contributed by atoms with Crippen LogP contribution in [0.3, 0.4) is 0 Å². The van der Waals surface area contributed by atoms with Crippen LogP contribution in [-0.4, -0.2) is 24.3 Å². The van der Waals surface area contributed by atoms with E-state index >= 15 is 0 Å². The molecule has 1 fully saturated rings. The van der Waals surface area contributed by atoms with Gasteiger partial charge in [0.2, 0.25) is 0 Å². The highest BCUT2D eigenvalue weighted by Gasteiger charge is 2.23. The van der Waals surface area contributed by atoms with Crippen molar-refractivity contribution in [1.29, 1.82) is 0 Å². The van der Waals surface area contributed by atoms with Gasteiger partial charge in [-0.1, -0.05) is 17.8 Å². The van der Waals surface area contributed by atoms with Crippen molar-refractivity contribution >= 4 is 39.8 Å². The van der Waals surface area contributed by atoms with Gasteiger partial charge in [-0.15, -0.1) is 0 Å². The lowest BCUT2D eigenvalue weighted by molar-refractivity contribution is 1.01. The van der Waals surface area contributed by atoms with E-state index in [0.717, 1.165) is 44.6 Å². The number of nitrogens with zero attached hydrogens (tertiary/aromatic N) is 5. The Hall–Kier alpha value is -3.65. The standard InChI is InChI=1S/C27H27N7S/c1-16-9-22-21(7-8-29-27(22)28)17(2)23(16)11-30-24-10-26(32-15-31-24)35-14-20-13-34-12-19(18-3-4-18)5-6-25(34)33-20/h5-10,12-13,15,18H,3-4,11,14H2,1-2H3,(H2,28,29)(H,30,31,32). The number of nitrogens with one attached hydrogen (secondary N) is 1. The molecule has 0 aliphatic heterocycles. The minimum atomic E-state index is 0.569. The maximum absolute atomic E-state index is 6.09. The molecule has 4 aromatic heterocycles.